The molecule has 1 unspecified atom stereocenters. The van der Waals surface area contributed by atoms with Crippen molar-refractivity contribution in [1.82, 2.24) is 4.72 Å². The Balaban J connectivity index is 2.45. The fourth-order valence-electron chi connectivity index (χ4n) is 2.60. The van der Waals surface area contributed by atoms with E-state index in [9.17, 15) is 18.0 Å². The number of nitrogens with zero attached hydrogens (tertiary/aromatic N) is 1. The number of nitrogens with one attached hydrogen (secondary N) is 1. The van der Waals surface area contributed by atoms with Gasteiger partial charge in [-0.15, -0.1) is 0 Å². The number of carbonyl (C=O) groups excluding carboxylic acids is 1. The summed E-state index contributed by atoms with van der Waals surface area (Å²) in [5.41, 5.74) is -0.258. The van der Waals surface area contributed by atoms with Gasteiger partial charge in [0.1, 0.15) is 17.4 Å². The minimum atomic E-state index is -4.05. The number of carboxylic acids is 1. The van der Waals surface area contributed by atoms with E-state index in [4.69, 9.17) is 9.84 Å². The number of aliphatic carboxylic acids is 1. The zero-order valence-corrected chi connectivity index (χ0v) is 15.4. The topological polar surface area (TPSA) is 113 Å². The fourth-order valence-corrected chi connectivity index (χ4v) is 3.89. The summed E-state index contributed by atoms with van der Waals surface area (Å²) in [6.07, 6.45) is 0.108. The van der Waals surface area contributed by atoms with E-state index in [1.165, 1.54) is 30.0 Å². The lowest BCUT2D eigenvalue weighted by Crippen LogP contribution is -2.48. The molecule has 25 heavy (non-hydrogen) atoms. The Hall–Kier alpha value is -2.13. The zero-order valence-electron chi connectivity index (χ0n) is 14.6. The summed E-state index contributed by atoms with van der Waals surface area (Å²) >= 11 is 0. The van der Waals surface area contributed by atoms with Crippen molar-refractivity contribution in [3.8, 4) is 5.75 Å². The summed E-state index contributed by atoms with van der Waals surface area (Å²) in [7, 11) is -4.05. The maximum absolute atomic E-state index is 12.5. The van der Waals surface area contributed by atoms with Gasteiger partial charge in [0, 0.05) is 6.92 Å². The molecular weight excluding hydrogens is 348 g/mol. The van der Waals surface area contributed by atoms with Crippen LogP contribution in [-0.2, 0) is 19.6 Å². The number of carboxylic acid groups (broad SMARTS) is 1. The van der Waals surface area contributed by atoms with Gasteiger partial charge in [0.25, 0.3) is 0 Å². The number of hydrogen-bond donors (Lipinski definition) is 2. The molecule has 1 aromatic rings. The van der Waals surface area contributed by atoms with Gasteiger partial charge in [0.2, 0.25) is 15.9 Å². The second-order valence-corrected chi connectivity index (χ2v) is 8.23. The van der Waals surface area contributed by atoms with Crippen molar-refractivity contribution >= 4 is 27.6 Å². The Morgan fingerprint density at radius 2 is 2.04 bits per heavy atom. The maximum Gasteiger partial charge on any atom is 0.321 e. The molecule has 1 heterocycles. The van der Waals surface area contributed by atoms with Gasteiger partial charge in [-0.2, -0.15) is 4.72 Å². The Labute approximate surface area is 146 Å². The largest absolute Gasteiger partial charge is 0.484 e. The summed E-state index contributed by atoms with van der Waals surface area (Å²) < 4.78 is 32.9. The average Bonchev–Trinajstić information content (AvgIpc) is 2.50. The molecule has 1 aromatic carbocycles. The number of benzene rings is 1. The molecule has 0 aromatic heterocycles. The molecule has 1 aliphatic heterocycles. The fraction of sp³-hybridized carbons (Fsp3) is 0.500. The molecule has 0 spiro atoms. The van der Waals surface area contributed by atoms with Crippen LogP contribution in [0.25, 0.3) is 0 Å². The van der Waals surface area contributed by atoms with Crippen LogP contribution in [0.1, 0.15) is 34.1 Å². The van der Waals surface area contributed by atoms with Gasteiger partial charge in [-0.25, -0.2) is 8.42 Å². The van der Waals surface area contributed by atoms with Crippen LogP contribution in [0, 0.1) is 0 Å². The highest BCUT2D eigenvalue weighted by molar-refractivity contribution is 7.89. The molecule has 0 radical (unpaired) electrons. The Morgan fingerprint density at radius 1 is 1.40 bits per heavy atom. The average molecular weight is 370 g/mol. The number of carbonyl (C=O) groups is 2. The third-order valence-corrected chi connectivity index (χ3v) is 5.31. The first kappa shape index (κ1) is 19.2. The number of amides is 1. The maximum atomic E-state index is 12.5. The molecule has 1 atom stereocenters. The third-order valence-electron chi connectivity index (χ3n) is 3.84. The molecule has 1 aliphatic rings. The van der Waals surface area contributed by atoms with Crippen LogP contribution in [0.4, 0.5) is 5.69 Å². The number of hydrogen-bond acceptors (Lipinski definition) is 5. The van der Waals surface area contributed by atoms with E-state index in [1.807, 2.05) is 13.8 Å². The van der Waals surface area contributed by atoms with Crippen molar-refractivity contribution < 1.29 is 27.9 Å². The lowest BCUT2D eigenvalue weighted by atomic mass is 10.1. The van der Waals surface area contributed by atoms with Crippen molar-refractivity contribution in [1.29, 1.82) is 0 Å². The van der Waals surface area contributed by atoms with Gasteiger partial charge in [0.05, 0.1) is 17.1 Å². The molecule has 0 saturated heterocycles. The second-order valence-electron chi connectivity index (χ2n) is 6.52. The molecule has 2 rings (SSSR count). The highest BCUT2D eigenvalue weighted by atomic mass is 32.2. The SMILES string of the molecule is CCC(NS(=O)(=O)c1ccc2c(c1)N(C(C)=O)CC(C)(C)O2)C(=O)O. The highest BCUT2D eigenvalue weighted by Gasteiger charge is 2.35. The van der Waals surface area contributed by atoms with E-state index in [-0.39, 0.29) is 23.8 Å². The molecule has 1 amide bonds. The van der Waals surface area contributed by atoms with Crippen molar-refractivity contribution in [3.63, 3.8) is 0 Å². The van der Waals surface area contributed by atoms with Gasteiger partial charge in [-0.1, -0.05) is 6.92 Å². The van der Waals surface area contributed by atoms with Crippen molar-refractivity contribution in [3.05, 3.63) is 18.2 Å². The summed E-state index contributed by atoms with van der Waals surface area (Å²) in [5.74, 6) is -1.09. The molecule has 0 saturated carbocycles. The molecule has 2 N–H and O–H groups in total. The number of rotatable bonds is 5. The number of ether oxygens (including phenoxy) is 1. The molecule has 0 fully saturated rings. The van der Waals surface area contributed by atoms with Gasteiger partial charge < -0.3 is 14.7 Å². The predicted molar refractivity (Wildman–Crippen MR) is 91.2 cm³/mol. The van der Waals surface area contributed by atoms with Crippen molar-refractivity contribution in [2.24, 2.45) is 0 Å². The second kappa shape index (κ2) is 6.64. The number of sulfonamides is 1. The Kier molecular flexibility index (Phi) is 5.10. The monoisotopic (exact) mass is 370 g/mol. The van der Waals surface area contributed by atoms with E-state index in [0.29, 0.717) is 11.4 Å². The summed E-state index contributed by atoms with van der Waals surface area (Å²) in [4.78, 5) is 24.4. The lowest BCUT2D eigenvalue weighted by Gasteiger charge is -2.39. The molecule has 0 aliphatic carbocycles. The van der Waals surface area contributed by atoms with E-state index in [1.54, 1.807) is 6.92 Å². The first-order chi connectivity index (χ1) is 11.5. The standard InChI is InChI=1S/C16H22N2O6S/c1-5-12(15(20)21)17-25(22,23)11-6-7-14-13(8-11)18(10(2)19)9-16(3,4)24-14/h6-8,12,17H,5,9H2,1-4H3,(H,20,21). The minimum Gasteiger partial charge on any atom is -0.484 e. The molecule has 0 bridgehead atoms. The number of fused-ring (bicyclic) bond motifs is 1. The Morgan fingerprint density at radius 3 is 2.56 bits per heavy atom. The lowest BCUT2D eigenvalue weighted by molar-refractivity contribution is -0.139. The number of anilines is 1. The summed E-state index contributed by atoms with van der Waals surface area (Å²) in [6, 6.07) is 2.90. The van der Waals surface area contributed by atoms with Crippen LogP contribution < -0.4 is 14.4 Å². The third kappa shape index (κ3) is 4.10. The van der Waals surface area contributed by atoms with Crippen LogP contribution in [0.15, 0.2) is 23.1 Å². The van der Waals surface area contributed by atoms with E-state index in [2.05, 4.69) is 4.72 Å². The Bertz CT molecular complexity index is 803. The van der Waals surface area contributed by atoms with Crippen LogP contribution in [0.3, 0.4) is 0 Å². The summed E-state index contributed by atoms with van der Waals surface area (Å²) in [6.45, 7) is 6.90. The molecule has 138 valence electrons. The normalized spacial score (nSPS) is 17.4. The van der Waals surface area contributed by atoms with E-state index >= 15 is 0 Å². The van der Waals surface area contributed by atoms with Gasteiger partial charge >= 0.3 is 5.97 Å². The zero-order chi connectivity index (χ0) is 19.0. The van der Waals surface area contributed by atoms with Crippen LogP contribution in [0.5, 0.6) is 5.75 Å². The first-order valence-electron chi connectivity index (χ1n) is 7.83. The minimum absolute atomic E-state index is 0.108. The molecule has 9 heteroatoms. The molecular formula is C16H22N2O6S. The van der Waals surface area contributed by atoms with Gasteiger partial charge in [0.15, 0.2) is 0 Å². The van der Waals surface area contributed by atoms with Crippen LogP contribution in [0.2, 0.25) is 0 Å². The van der Waals surface area contributed by atoms with Crippen LogP contribution in [-0.4, -0.2) is 43.6 Å². The molecule has 8 nitrogen and oxygen atoms in total. The van der Waals surface area contributed by atoms with E-state index in [0.717, 1.165) is 0 Å². The predicted octanol–water partition coefficient (Wildman–Crippen LogP) is 1.35. The van der Waals surface area contributed by atoms with Crippen molar-refractivity contribution in [2.75, 3.05) is 11.4 Å². The van der Waals surface area contributed by atoms with Gasteiger partial charge in [-0.3, -0.25) is 9.59 Å². The van der Waals surface area contributed by atoms with Crippen molar-refractivity contribution in [2.45, 2.75) is 50.7 Å². The summed E-state index contributed by atoms with van der Waals surface area (Å²) in [5, 5.41) is 9.05. The first-order valence-corrected chi connectivity index (χ1v) is 9.31. The smallest absolute Gasteiger partial charge is 0.321 e. The van der Waals surface area contributed by atoms with Gasteiger partial charge in [-0.05, 0) is 38.5 Å². The van der Waals surface area contributed by atoms with E-state index < -0.39 is 27.6 Å². The highest BCUT2D eigenvalue weighted by Crippen LogP contribution is 2.38. The van der Waals surface area contributed by atoms with Crippen LogP contribution >= 0.6 is 0 Å². The quantitative estimate of drug-likeness (QED) is 0.809.